The summed E-state index contributed by atoms with van der Waals surface area (Å²) in [6, 6.07) is 2.46. The van der Waals surface area contributed by atoms with E-state index in [0.29, 0.717) is 11.9 Å². The topological polar surface area (TPSA) is 66.8 Å². The Balaban J connectivity index is 1.38. The van der Waals surface area contributed by atoms with Crippen LogP contribution in [0.25, 0.3) is 22.1 Å². The van der Waals surface area contributed by atoms with E-state index in [1.807, 2.05) is 18.7 Å². The number of carbonyl (C=O) groups is 1. The smallest absolute Gasteiger partial charge is 0.228 e. The van der Waals surface area contributed by atoms with Gasteiger partial charge >= 0.3 is 0 Å². The summed E-state index contributed by atoms with van der Waals surface area (Å²) in [7, 11) is 0. The molecule has 1 amide bonds. The molecule has 1 aliphatic carbocycles. The van der Waals surface area contributed by atoms with Crippen molar-refractivity contribution in [3.05, 3.63) is 24.8 Å². The van der Waals surface area contributed by atoms with Crippen LogP contribution in [-0.4, -0.2) is 43.4 Å². The van der Waals surface area contributed by atoms with Crippen LogP contribution in [0.2, 0.25) is 0 Å². The third-order valence-corrected chi connectivity index (χ3v) is 6.49. The van der Waals surface area contributed by atoms with E-state index in [1.54, 1.807) is 0 Å². The van der Waals surface area contributed by atoms with Gasteiger partial charge in [-0.05, 0) is 31.7 Å². The number of aromatic amines is 1. The standard InChI is InChI=1S/C20H25N5O/c1-20(7-2-3-8-20)19(26)24-10-5-14(6-11-24)25-13-23-16-12-22-18-15(17(16)25)4-9-21-18/h4,9,12-14H,2-3,5-8,10-11H2,1H3,(H,21,22). The molecule has 0 bridgehead atoms. The summed E-state index contributed by atoms with van der Waals surface area (Å²) < 4.78 is 2.30. The Bertz CT molecular complexity index is 957. The zero-order valence-electron chi connectivity index (χ0n) is 15.2. The van der Waals surface area contributed by atoms with Crippen molar-refractivity contribution in [2.75, 3.05) is 13.1 Å². The molecule has 1 aliphatic heterocycles. The number of likely N-dealkylation sites (tertiary alicyclic amines) is 1. The lowest BCUT2D eigenvalue weighted by atomic mass is 9.86. The molecule has 1 saturated carbocycles. The van der Waals surface area contributed by atoms with Crippen LogP contribution >= 0.6 is 0 Å². The number of aromatic nitrogens is 4. The molecule has 4 heterocycles. The van der Waals surface area contributed by atoms with E-state index in [-0.39, 0.29) is 5.41 Å². The van der Waals surface area contributed by atoms with Crippen molar-refractivity contribution < 1.29 is 4.79 Å². The number of hydrogen-bond donors (Lipinski definition) is 1. The summed E-state index contributed by atoms with van der Waals surface area (Å²) in [6.07, 6.45) is 12.2. The molecule has 1 N–H and O–H groups in total. The van der Waals surface area contributed by atoms with Crippen molar-refractivity contribution in [1.29, 1.82) is 0 Å². The maximum Gasteiger partial charge on any atom is 0.228 e. The predicted octanol–water partition coefficient (Wildman–Crippen LogP) is 3.66. The Hall–Kier alpha value is -2.37. The third-order valence-electron chi connectivity index (χ3n) is 6.49. The van der Waals surface area contributed by atoms with E-state index in [0.717, 1.165) is 60.8 Å². The summed E-state index contributed by atoms with van der Waals surface area (Å²) in [6.45, 7) is 3.85. The van der Waals surface area contributed by atoms with Crippen LogP contribution < -0.4 is 0 Å². The van der Waals surface area contributed by atoms with Gasteiger partial charge < -0.3 is 14.5 Å². The van der Waals surface area contributed by atoms with Crippen LogP contribution in [0.1, 0.15) is 51.5 Å². The Labute approximate surface area is 152 Å². The molecular weight excluding hydrogens is 326 g/mol. The number of amides is 1. The minimum atomic E-state index is -0.114. The molecule has 3 aromatic rings. The molecule has 26 heavy (non-hydrogen) atoms. The van der Waals surface area contributed by atoms with Crippen LogP contribution in [-0.2, 0) is 4.79 Å². The monoisotopic (exact) mass is 351 g/mol. The van der Waals surface area contributed by atoms with Gasteiger partial charge in [-0.3, -0.25) is 4.79 Å². The van der Waals surface area contributed by atoms with Crippen LogP contribution in [0, 0.1) is 5.41 Å². The summed E-state index contributed by atoms with van der Waals surface area (Å²) >= 11 is 0. The first-order chi connectivity index (χ1) is 12.7. The van der Waals surface area contributed by atoms with Gasteiger partial charge in [0.25, 0.3) is 0 Å². The zero-order valence-corrected chi connectivity index (χ0v) is 15.2. The maximum absolute atomic E-state index is 13.0. The zero-order chi connectivity index (χ0) is 17.7. The van der Waals surface area contributed by atoms with Gasteiger partial charge in [-0.2, -0.15) is 0 Å². The van der Waals surface area contributed by atoms with Crippen LogP contribution in [0.5, 0.6) is 0 Å². The van der Waals surface area contributed by atoms with Crippen molar-refractivity contribution in [1.82, 2.24) is 24.4 Å². The van der Waals surface area contributed by atoms with E-state index >= 15 is 0 Å². The van der Waals surface area contributed by atoms with Gasteiger partial charge in [-0.25, -0.2) is 9.97 Å². The van der Waals surface area contributed by atoms with Crippen molar-refractivity contribution in [2.45, 2.75) is 51.5 Å². The second-order valence-corrected chi connectivity index (χ2v) is 8.17. The lowest BCUT2D eigenvalue weighted by Gasteiger charge is -2.37. The number of hydrogen-bond acceptors (Lipinski definition) is 3. The normalized spacial score (nSPS) is 21.0. The summed E-state index contributed by atoms with van der Waals surface area (Å²) in [5.41, 5.74) is 2.89. The molecule has 136 valence electrons. The van der Waals surface area contributed by atoms with E-state index in [1.165, 1.54) is 12.8 Å². The molecule has 2 aliphatic rings. The van der Waals surface area contributed by atoms with Gasteiger partial charge in [-0.15, -0.1) is 0 Å². The Morgan fingerprint density at radius 3 is 2.77 bits per heavy atom. The molecular formula is C20H25N5O. The molecule has 2 fully saturated rings. The molecule has 0 radical (unpaired) electrons. The number of imidazole rings is 1. The Kier molecular flexibility index (Phi) is 3.55. The summed E-state index contributed by atoms with van der Waals surface area (Å²) in [5.74, 6) is 0.376. The van der Waals surface area contributed by atoms with Gasteiger partial charge in [0.05, 0.1) is 18.0 Å². The number of nitrogens with zero attached hydrogens (tertiary/aromatic N) is 4. The molecule has 0 aromatic carbocycles. The van der Waals surface area contributed by atoms with Crippen molar-refractivity contribution in [3.63, 3.8) is 0 Å². The molecule has 0 unspecified atom stereocenters. The van der Waals surface area contributed by atoms with E-state index in [4.69, 9.17) is 0 Å². The van der Waals surface area contributed by atoms with Crippen LogP contribution in [0.4, 0.5) is 0 Å². The Morgan fingerprint density at radius 1 is 1.23 bits per heavy atom. The molecule has 5 rings (SSSR count). The third kappa shape index (κ3) is 2.35. The fourth-order valence-corrected chi connectivity index (χ4v) is 4.91. The highest BCUT2D eigenvalue weighted by Crippen LogP contribution is 2.40. The molecule has 6 nitrogen and oxygen atoms in total. The fraction of sp³-hybridized carbons (Fsp3) is 0.550. The van der Waals surface area contributed by atoms with Gasteiger partial charge in [0.15, 0.2) is 0 Å². The molecule has 0 spiro atoms. The van der Waals surface area contributed by atoms with Gasteiger partial charge in [0.2, 0.25) is 5.91 Å². The molecule has 3 aromatic heterocycles. The lowest BCUT2D eigenvalue weighted by molar-refractivity contribution is -0.142. The Morgan fingerprint density at radius 2 is 2.00 bits per heavy atom. The highest BCUT2D eigenvalue weighted by molar-refractivity contribution is 6.00. The van der Waals surface area contributed by atoms with Crippen molar-refractivity contribution >= 4 is 28.0 Å². The number of H-pyrrole nitrogens is 1. The molecule has 1 saturated heterocycles. The van der Waals surface area contributed by atoms with Gasteiger partial charge in [0.1, 0.15) is 11.2 Å². The highest BCUT2D eigenvalue weighted by atomic mass is 16.2. The van der Waals surface area contributed by atoms with Crippen molar-refractivity contribution in [3.8, 4) is 0 Å². The van der Waals surface area contributed by atoms with Gasteiger partial charge in [0, 0.05) is 36.1 Å². The highest BCUT2D eigenvalue weighted by Gasteiger charge is 2.40. The number of carbonyl (C=O) groups excluding carboxylic acids is 1. The lowest BCUT2D eigenvalue weighted by Crippen LogP contribution is -2.45. The molecule has 0 atom stereocenters. The van der Waals surface area contributed by atoms with Crippen LogP contribution in [0.3, 0.4) is 0 Å². The quantitative estimate of drug-likeness (QED) is 0.766. The predicted molar refractivity (Wildman–Crippen MR) is 101 cm³/mol. The average Bonchev–Trinajstić information content (AvgIpc) is 3.39. The number of piperidine rings is 1. The second-order valence-electron chi connectivity index (χ2n) is 8.17. The second kappa shape index (κ2) is 5.83. The average molecular weight is 351 g/mol. The molecule has 6 heteroatoms. The summed E-state index contributed by atoms with van der Waals surface area (Å²) in [4.78, 5) is 27.2. The van der Waals surface area contributed by atoms with Crippen molar-refractivity contribution in [2.24, 2.45) is 5.41 Å². The first kappa shape index (κ1) is 15.9. The van der Waals surface area contributed by atoms with E-state index in [9.17, 15) is 4.79 Å². The van der Waals surface area contributed by atoms with Crippen LogP contribution in [0.15, 0.2) is 24.8 Å². The number of fused-ring (bicyclic) bond motifs is 3. The number of nitrogens with one attached hydrogen (secondary N) is 1. The number of rotatable bonds is 2. The maximum atomic E-state index is 13.0. The fourth-order valence-electron chi connectivity index (χ4n) is 4.91. The minimum Gasteiger partial charge on any atom is -0.346 e. The minimum absolute atomic E-state index is 0.114. The van der Waals surface area contributed by atoms with Gasteiger partial charge in [-0.1, -0.05) is 19.8 Å². The summed E-state index contributed by atoms with van der Waals surface area (Å²) in [5, 5.41) is 1.12. The first-order valence-electron chi connectivity index (χ1n) is 9.74. The largest absolute Gasteiger partial charge is 0.346 e. The SMILES string of the molecule is CC1(C(=O)N2CCC(n3cnc4cnc5[nH]ccc5c43)CC2)CCCC1. The van der Waals surface area contributed by atoms with E-state index in [2.05, 4.69) is 37.4 Å². The van der Waals surface area contributed by atoms with E-state index < -0.39 is 0 Å². The number of pyridine rings is 1. The first-order valence-corrected chi connectivity index (χ1v) is 9.74.